The standard InChI is InChI=1S/C17H28N2O2S.C2HF3O3/c1-13-10-14-11-15(20-8-4-2-6-18)16(12-17(14)22-13)21-9-5-3-7-19;3-2(4,5)8-1(6)7/h11-13H,2-10,18-19H2,1H3;(H,6,7). The van der Waals surface area contributed by atoms with Crippen molar-refractivity contribution in [2.75, 3.05) is 26.3 Å². The summed E-state index contributed by atoms with van der Waals surface area (Å²) in [6, 6.07) is 4.30. The topological polar surface area (TPSA) is 117 Å². The van der Waals surface area contributed by atoms with Crippen molar-refractivity contribution < 1.29 is 37.3 Å². The molecule has 172 valence electrons. The summed E-state index contributed by atoms with van der Waals surface area (Å²) in [5.41, 5.74) is 12.4. The molecule has 1 heterocycles. The molecule has 0 aliphatic carbocycles. The number of benzene rings is 1. The molecule has 1 aromatic carbocycles. The third kappa shape index (κ3) is 10.8. The van der Waals surface area contributed by atoms with E-state index in [0.29, 0.717) is 31.6 Å². The molecule has 0 saturated carbocycles. The van der Waals surface area contributed by atoms with Crippen LogP contribution in [0.5, 0.6) is 11.5 Å². The zero-order chi connectivity index (χ0) is 22.6. The second-order valence-corrected chi connectivity index (χ2v) is 8.02. The molecule has 0 saturated heterocycles. The summed E-state index contributed by atoms with van der Waals surface area (Å²) in [5, 5.41) is 7.94. The maximum absolute atomic E-state index is 10.7. The average Bonchev–Trinajstić information content (AvgIpc) is 2.99. The fourth-order valence-corrected chi connectivity index (χ4v) is 3.77. The molecule has 1 aliphatic rings. The Labute approximate surface area is 178 Å². The molecule has 7 nitrogen and oxygen atoms in total. The van der Waals surface area contributed by atoms with Crippen LogP contribution in [0.3, 0.4) is 0 Å². The Kier molecular flexibility index (Phi) is 11.7. The highest BCUT2D eigenvalue weighted by atomic mass is 32.2. The maximum Gasteiger partial charge on any atom is 0.577 e. The largest absolute Gasteiger partial charge is 0.577 e. The highest BCUT2D eigenvalue weighted by Crippen LogP contribution is 2.43. The minimum absolute atomic E-state index is 0.632. The fourth-order valence-electron chi connectivity index (χ4n) is 2.60. The number of nitrogens with two attached hydrogens (primary N) is 2. The van der Waals surface area contributed by atoms with Gasteiger partial charge in [-0.05, 0) is 62.9 Å². The molecule has 0 bridgehead atoms. The van der Waals surface area contributed by atoms with Crippen LogP contribution in [0.4, 0.5) is 18.0 Å². The molecule has 0 radical (unpaired) electrons. The van der Waals surface area contributed by atoms with Gasteiger partial charge in [0, 0.05) is 10.1 Å². The summed E-state index contributed by atoms with van der Waals surface area (Å²) < 4.78 is 46.3. The first-order chi connectivity index (χ1) is 14.2. The minimum atomic E-state index is -5.08. The molecule has 2 rings (SSSR count). The Morgan fingerprint density at radius 3 is 2.07 bits per heavy atom. The van der Waals surface area contributed by atoms with E-state index in [0.717, 1.165) is 43.6 Å². The molecule has 1 aromatic rings. The number of alkyl halides is 3. The molecular weight excluding hydrogens is 425 g/mol. The van der Waals surface area contributed by atoms with Gasteiger partial charge in [-0.15, -0.1) is 24.9 Å². The third-order valence-electron chi connectivity index (χ3n) is 3.88. The van der Waals surface area contributed by atoms with Gasteiger partial charge in [0.15, 0.2) is 11.5 Å². The number of halogens is 3. The average molecular weight is 455 g/mol. The summed E-state index contributed by atoms with van der Waals surface area (Å²) in [6.07, 6.45) is -2.39. The van der Waals surface area contributed by atoms with Crippen LogP contribution in [-0.2, 0) is 11.2 Å². The van der Waals surface area contributed by atoms with Crippen molar-refractivity contribution in [2.24, 2.45) is 11.5 Å². The predicted molar refractivity (Wildman–Crippen MR) is 108 cm³/mol. The van der Waals surface area contributed by atoms with E-state index in [4.69, 9.17) is 30.8 Å². The van der Waals surface area contributed by atoms with E-state index < -0.39 is 12.5 Å². The van der Waals surface area contributed by atoms with E-state index in [1.165, 1.54) is 10.5 Å². The number of carbonyl (C=O) groups is 1. The first-order valence-electron chi connectivity index (χ1n) is 9.64. The van der Waals surface area contributed by atoms with Crippen LogP contribution in [0.1, 0.15) is 38.2 Å². The summed E-state index contributed by atoms with van der Waals surface area (Å²) in [5.74, 6) is 1.74. The van der Waals surface area contributed by atoms with Crippen LogP contribution in [0, 0.1) is 0 Å². The second-order valence-electron chi connectivity index (χ2n) is 6.54. The summed E-state index contributed by atoms with van der Waals surface area (Å²) >= 11 is 1.92. The highest BCUT2D eigenvalue weighted by Gasteiger charge is 2.33. The monoisotopic (exact) mass is 454 g/mol. The lowest BCUT2D eigenvalue weighted by atomic mass is 10.1. The smallest absolute Gasteiger partial charge is 0.490 e. The quantitative estimate of drug-likeness (QED) is 0.356. The lowest BCUT2D eigenvalue weighted by Crippen LogP contribution is -2.17. The maximum atomic E-state index is 10.7. The number of carboxylic acid groups (broad SMARTS) is 1. The van der Waals surface area contributed by atoms with Gasteiger partial charge in [0.05, 0.1) is 13.2 Å². The van der Waals surface area contributed by atoms with Crippen LogP contribution in [0.15, 0.2) is 17.0 Å². The molecule has 0 aromatic heterocycles. The van der Waals surface area contributed by atoms with Crippen molar-refractivity contribution in [2.45, 2.75) is 55.5 Å². The number of thioether (sulfide) groups is 1. The van der Waals surface area contributed by atoms with Crippen molar-refractivity contribution in [3.05, 3.63) is 17.7 Å². The van der Waals surface area contributed by atoms with Crippen molar-refractivity contribution in [1.82, 2.24) is 0 Å². The molecule has 0 amide bonds. The van der Waals surface area contributed by atoms with Crippen molar-refractivity contribution >= 4 is 17.9 Å². The van der Waals surface area contributed by atoms with Crippen molar-refractivity contribution in [1.29, 1.82) is 0 Å². The molecule has 0 spiro atoms. The van der Waals surface area contributed by atoms with Crippen LogP contribution < -0.4 is 20.9 Å². The van der Waals surface area contributed by atoms with Gasteiger partial charge in [-0.2, -0.15) is 0 Å². The SMILES string of the molecule is CC1Cc2cc(OCCCCN)c(OCCCCN)cc2S1.O=C(O)OC(F)(F)F. The van der Waals surface area contributed by atoms with Crippen LogP contribution in [0.25, 0.3) is 0 Å². The Morgan fingerprint density at radius 2 is 1.63 bits per heavy atom. The second kappa shape index (κ2) is 13.5. The van der Waals surface area contributed by atoms with Gasteiger partial charge in [0.25, 0.3) is 0 Å². The van der Waals surface area contributed by atoms with Crippen LogP contribution >= 0.6 is 11.8 Å². The Balaban J connectivity index is 0.000000479. The fraction of sp³-hybridized carbons (Fsp3) is 0.632. The summed E-state index contributed by atoms with van der Waals surface area (Å²) in [6.45, 7) is 5.06. The van der Waals surface area contributed by atoms with Gasteiger partial charge < -0.3 is 30.8 Å². The predicted octanol–water partition coefficient (Wildman–Crippen LogP) is 4.16. The van der Waals surface area contributed by atoms with E-state index >= 15 is 0 Å². The molecule has 1 atom stereocenters. The van der Waals surface area contributed by atoms with E-state index in [-0.39, 0.29) is 0 Å². The minimum Gasteiger partial charge on any atom is -0.490 e. The normalized spacial score (nSPS) is 15.1. The van der Waals surface area contributed by atoms with Gasteiger partial charge in [0.1, 0.15) is 0 Å². The van der Waals surface area contributed by atoms with Gasteiger partial charge in [-0.3, -0.25) is 0 Å². The number of hydrogen-bond donors (Lipinski definition) is 3. The lowest BCUT2D eigenvalue weighted by molar-refractivity contribution is -0.297. The molecule has 5 N–H and O–H groups in total. The zero-order valence-electron chi connectivity index (χ0n) is 16.9. The molecule has 1 aliphatic heterocycles. The van der Waals surface area contributed by atoms with E-state index in [1.54, 1.807) is 0 Å². The number of fused-ring (bicyclic) bond motifs is 1. The van der Waals surface area contributed by atoms with Gasteiger partial charge in [0.2, 0.25) is 0 Å². The van der Waals surface area contributed by atoms with E-state index in [1.807, 2.05) is 11.8 Å². The van der Waals surface area contributed by atoms with Gasteiger partial charge in [-0.1, -0.05) is 6.92 Å². The molecular formula is C19H29F3N2O5S. The molecule has 1 unspecified atom stereocenters. The van der Waals surface area contributed by atoms with Crippen molar-refractivity contribution in [3.63, 3.8) is 0 Å². The molecule has 0 fully saturated rings. The molecule has 30 heavy (non-hydrogen) atoms. The first kappa shape index (κ1) is 26.2. The van der Waals surface area contributed by atoms with Crippen LogP contribution in [-0.4, -0.2) is 49.2 Å². The zero-order valence-corrected chi connectivity index (χ0v) is 17.7. The summed E-state index contributed by atoms with van der Waals surface area (Å²) in [4.78, 5) is 10.4. The number of ether oxygens (including phenoxy) is 3. The van der Waals surface area contributed by atoms with Crippen molar-refractivity contribution in [3.8, 4) is 11.5 Å². The van der Waals surface area contributed by atoms with Gasteiger partial charge >= 0.3 is 12.5 Å². The number of rotatable bonds is 10. The number of unbranched alkanes of at least 4 members (excludes halogenated alkanes) is 2. The van der Waals surface area contributed by atoms with Crippen LogP contribution in [0.2, 0.25) is 0 Å². The van der Waals surface area contributed by atoms with E-state index in [2.05, 4.69) is 23.8 Å². The Hall–Kier alpha value is -1.85. The number of hydrogen-bond acceptors (Lipinski definition) is 7. The highest BCUT2D eigenvalue weighted by molar-refractivity contribution is 8.00. The first-order valence-corrected chi connectivity index (χ1v) is 10.5. The third-order valence-corrected chi connectivity index (χ3v) is 5.08. The van der Waals surface area contributed by atoms with Gasteiger partial charge in [-0.25, -0.2) is 4.79 Å². The summed E-state index contributed by atoms with van der Waals surface area (Å²) in [7, 11) is 0. The Morgan fingerprint density at radius 1 is 1.10 bits per heavy atom. The van der Waals surface area contributed by atoms with E-state index in [9.17, 15) is 13.2 Å². The lowest BCUT2D eigenvalue weighted by Gasteiger charge is -2.14. The Bertz CT molecular complexity index is 621. The molecule has 11 heteroatoms.